The quantitative estimate of drug-likeness (QED) is 0.839. The van der Waals surface area contributed by atoms with E-state index in [4.69, 9.17) is 0 Å². The second kappa shape index (κ2) is 6.41. The molecule has 1 spiro atoms. The third-order valence-electron chi connectivity index (χ3n) is 6.81. The second-order valence-electron chi connectivity index (χ2n) is 8.39. The molecule has 1 amide bonds. The number of carbonyl (C=O) groups excluding carboxylic acids is 1. The van der Waals surface area contributed by atoms with Crippen LogP contribution < -0.4 is 0 Å². The first kappa shape index (κ1) is 16.9. The van der Waals surface area contributed by atoms with Crippen LogP contribution in [0.5, 0.6) is 0 Å². The minimum atomic E-state index is -0.172. The number of carbonyl (C=O) groups is 1. The summed E-state index contributed by atoms with van der Waals surface area (Å²) in [6.45, 7) is 4.42. The van der Waals surface area contributed by atoms with Gasteiger partial charge in [0.25, 0.3) is 0 Å². The largest absolute Gasteiger partial charge is 0.336 e. The summed E-state index contributed by atoms with van der Waals surface area (Å²) in [5, 5.41) is 0. The average Bonchev–Trinajstić information content (AvgIpc) is 3.30. The summed E-state index contributed by atoms with van der Waals surface area (Å²) in [5.74, 6) is 0.356. The zero-order valence-electron chi connectivity index (χ0n) is 15.8. The Morgan fingerprint density at radius 2 is 2.11 bits per heavy atom. The van der Waals surface area contributed by atoms with Gasteiger partial charge in [-0.25, -0.2) is 0 Å². The first-order valence-electron chi connectivity index (χ1n) is 10.0. The molecule has 5 heteroatoms. The van der Waals surface area contributed by atoms with Crippen molar-refractivity contribution in [2.45, 2.75) is 57.8 Å². The Morgan fingerprint density at radius 1 is 1.19 bits per heavy atom. The monoisotopic (exact) mass is 362 g/mol. The van der Waals surface area contributed by atoms with Crippen molar-refractivity contribution in [1.29, 1.82) is 0 Å². The lowest BCUT2D eigenvalue weighted by Crippen LogP contribution is -2.43. The summed E-state index contributed by atoms with van der Waals surface area (Å²) in [6.07, 6.45) is 8.15. The van der Waals surface area contributed by atoms with E-state index >= 15 is 0 Å². The lowest BCUT2D eigenvalue weighted by Gasteiger charge is -2.32. The summed E-state index contributed by atoms with van der Waals surface area (Å²) in [4.78, 5) is 27.0. The SMILES string of the molecule is Cc1cccc(CN2CC[C@@]3(C[C@H]4CC[C@H]3N4Cc3cccnc3)C2=O)n1. The van der Waals surface area contributed by atoms with Gasteiger partial charge in [0.1, 0.15) is 0 Å². The lowest BCUT2D eigenvalue weighted by atomic mass is 9.72. The Balaban J connectivity index is 1.34. The number of hydrogen-bond acceptors (Lipinski definition) is 4. The Morgan fingerprint density at radius 3 is 2.93 bits per heavy atom. The maximum absolute atomic E-state index is 13.5. The molecule has 0 aliphatic carbocycles. The minimum absolute atomic E-state index is 0.172. The molecule has 3 aliphatic rings. The van der Waals surface area contributed by atoms with Gasteiger partial charge in [0.05, 0.1) is 17.7 Å². The molecule has 0 unspecified atom stereocenters. The molecule has 2 aromatic heterocycles. The van der Waals surface area contributed by atoms with Gasteiger partial charge in [0, 0.05) is 43.3 Å². The lowest BCUT2D eigenvalue weighted by molar-refractivity contribution is -0.138. The average molecular weight is 362 g/mol. The van der Waals surface area contributed by atoms with Gasteiger partial charge in [-0.05, 0) is 56.4 Å². The van der Waals surface area contributed by atoms with Crippen LogP contribution in [0.2, 0.25) is 0 Å². The molecule has 140 valence electrons. The molecule has 2 aromatic rings. The molecular weight excluding hydrogens is 336 g/mol. The van der Waals surface area contributed by atoms with Crippen LogP contribution in [0.3, 0.4) is 0 Å². The van der Waals surface area contributed by atoms with E-state index in [-0.39, 0.29) is 5.41 Å². The van der Waals surface area contributed by atoms with Crippen LogP contribution in [0.4, 0.5) is 0 Å². The van der Waals surface area contributed by atoms with Crippen molar-refractivity contribution >= 4 is 5.91 Å². The standard InChI is InChI=1S/C22H26N4O/c1-16-4-2-6-18(24-16)15-25-11-9-22(21(25)27)12-19-7-8-20(22)26(19)14-17-5-3-10-23-13-17/h2-6,10,13,19-20H,7-9,11-12,14-15H2,1H3/t19-,20-,22+/m1/s1. The van der Waals surface area contributed by atoms with E-state index < -0.39 is 0 Å². The van der Waals surface area contributed by atoms with Crippen LogP contribution in [0, 0.1) is 12.3 Å². The van der Waals surface area contributed by atoms with E-state index in [2.05, 4.69) is 20.9 Å². The maximum Gasteiger partial charge on any atom is 0.230 e. The van der Waals surface area contributed by atoms with E-state index in [1.807, 2.05) is 48.5 Å². The molecular formula is C22H26N4O. The molecule has 3 aliphatic heterocycles. The van der Waals surface area contributed by atoms with Gasteiger partial charge in [0.2, 0.25) is 5.91 Å². The van der Waals surface area contributed by atoms with Crippen LogP contribution in [0.15, 0.2) is 42.7 Å². The Labute approximate surface area is 160 Å². The molecule has 5 nitrogen and oxygen atoms in total. The van der Waals surface area contributed by atoms with Crippen LogP contribution in [-0.2, 0) is 17.9 Å². The zero-order valence-corrected chi connectivity index (χ0v) is 15.8. The number of amides is 1. The zero-order chi connectivity index (χ0) is 18.4. The predicted molar refractivity (Wildman–Crippen MR) is 103 cm³/mol. The number of fused-ring (bicyclic) bond motifs is 3. The van der Waals surface area contributed by atoms with Gasteiger partial charge < -0.3 is 4.90 Å². The molecule has 3 fully saturated rings. The predicted octanol–water partition coefficient (Wildman–Crippen LogP) is 2.94. The number of aryl methyl sites for hydroxylation is 1. The normalized spacial score (nSPS) is 30.0. The van der Waals surface area contributed by atoms with E-state index in [0.717, 1.165) is 43.7 Å². The number of rotatable bonds is 4. The van der Waals surface area contributed by atoms with Crippen LogP contribution >= 0.6 is 0 Å². The highest BCUT2D eigenvalue weighted by molar-refractivity contribution is 5.86. The van der Waals surface area contributed by atoms with E-state index in [9.17, 15) is 4.79 Å². The molecule has 0 saturated carbocycles. The van der Waals surface area contributed by atoms with Gasteiger partial charge in [-0.1, -0.05) is 12.1 Å². The number of hydrogen-bond donors (Lipinski definition) is 0. The highest BCUT2D eigenvalue weighted by Gasteiger charge is 2.62. The van der Waals surface area contributed by atoms with Crippen LogP contribution in [0.25, 0.3) is 0 Å². The number of aromatic nitrogens is 2. The van der Waals surface area contributed by atoms with Crippen molar-refractivity contribution in [1.82, 2.24) is 19.8 Å². The molecule has 3 atom stereocenters. The number of pyridine rings is 2. The van der Waals surface area contributed by atoms with Crippen LogP contribution in [-0.4, -0.2) is 44.3 Å². The van der Waals surface area contributed by atoms with Gasteiger partial charge in [-0.2, -0.15) is 0 Å². The molecule has 0 aromatic carbocycles. The fourth-order valence-electron chi connectivity index (χ4n) is 5.64. The van der Waals surface area contributed by atoms with Crippen molar-refractivity contribution in [2.75, 3.05) is 6.54 Å². The molecule has 5 rings (SSSR count). The van der Waals surface area contributed by atoms with E-state index in [1.54, 1.807) is 0 Å². The first-order chi connectivity index (χ1) is 13.2. The van der Waals surface area contributed by atoms with E-state index in [1.165, 1.54) is 12.0 Å². The molecule has 3 saturated heterocycles. The van der Waals surface area contributed by atoms with Gasteiger partial charge in [-0.15, -0.1) is 0 Å². The van der Waals surface area contributed by atoms with Crippen LogP contribution in [0.1, 0.15) is 42.6 Å². The van der Waals surface area contributed by atoms with Gasteiger partial charge >= 0.3 is 0 Å². The Bertz CT molecular complexity index is 854. The fourth-order valence-corrected chi connectivity index (χ4v) is 5.64. The topological polar surface area (TPSA) is 49.3 Å². The summed E-state index contributed by atoms with van der Waals surface area (Å²) in [5.41, 5.74) is 3.08. The maximum atomic E-state index is 13.5. The van der Waals surface area contributed by atoms with Crippen molar-refractivity contribution in [3.05, 3.63) is 59.7 Å². The molecule has 5 heterocycles. The smallest absolute Gasteiger partial charge is 0.230 e. The third-order valence-corrected chi connectivity index (χ3v) is 6.81. The molecule has 0 N–H and O–H groups in total. The summed E-state index contributed by atoms with van der Waals surface area (Å²) in [7, 11) is 0. The third kappa shape index (κ3) is 2.76. The summed E-state index contributed by atoms with van der Waals surface area (Å²) >= 11 is 0. The summed E-state index contributed by atoms with van der Waals surface area (Å²) < 4.78 is 0. The van der Waals surface area contributed by atoms with Crippen molar-refractivity contribution < 1.29 is 4.79 Å². The summed E-state index contributed by atoms with van der Waals surface area (Å²) in [6, 6.07) is 11.1. The van der Waals surface area contributed by atoms with Gasteiger partial charge in [0.15, 0.2) is 0 Å². The van der Waals surface area contributed by atoms with Crippen molar-refractivity contribution in [2.24, 2.45) is 5.41 Å². The number of likely N-dealkylation sites (tertiary alicyclic amines) is 1. The first-order valence-corrected chi connectivity index (χ1v) is 10.0. The highest BCUT2D eigenvalue weighted by atomic mass is 16.2. The molecule has 2 bridgehead atoms. The number of nitrogens with zero attached hydrogens (tertiary/aromatic N) is 4. The second-order valence-corrected chi connectivity index (χ2v) is 8.39. The molecule has 0 radical (unpaired) electrons. The highest BCUT2D eigenvalue weighted by Crippen LogP contribution is 2.55. The van der Waals surface area contributed by atoms with Crippen molar-refractivity contribution in [3.63, 3.8) is 0 Å². The Hall–Kier alpha value is -2.27. The van der Waals surface area contributed by atoms with Crippen molar-refractivity contribution in [3.8, 4) is 0 Å². The Kier molecular flexibility index (Phi) is 4.01. The van der Waals surface area contributed by atoms with E-state index in [0.29, 0.717) is 24.5 Å². The minimum Gasteiger partial charge on any atom is -0.336 e. The molecule has 27 heavy (non-hydrogen) atoms. The fraction of sp³-hybridized carbons (Fsp3) is 0.500. The van der Waals surface area contributed by atoms with Gasteiger partial charge in [-0.3, -0.25) is 19.7 Å².